The first-order valence-electron chi connectivity index (χ1n) is 4.92. The Morgan fingerprint density at radius 3 is 2.93 bits per heavy atom. The molecule has 2 rings (SSSR count). The minimum Gasteiger partial charge on any atom is -0.388 e. The second kappa shape index (κ2) is 4.75. The molecule has 0 saturated heterocycles. The zero-order valence-electron chi connectivity index (χ0n) is 7.87. The molecule has 1 heterocycles. The van der Waals surface area contributed by atoms with E-state index < -0.39 is 0 Å². The minimum absolute atomic E-state index is 0.308. The van der Waals surface area contributed by atoms with Crippen LogP contribution < -0.4 is 5.32 Å². The normalized spacial score (nSPS) is 18.4. The molecule has 0 bridgehead atoms. The second-order valence-electron chi connectivity index (χ2n) is 3.67. The molecule has 14 heavy (non-hydrogen) atoms. The van der Waals surface area contributed by atoms with Crippen LogP contribution in [0.25, 0.3) is 0 Å². The van der Waals surface area contributed by atoms with Crippen LogP contribution in [0.3, 0.4) is 0 Å². The molecule has 1 aromatic heterocycles. The van der Waals surface area contributed by atoms with Gasteiger partial charge in [-0.15, -0.1) is 11.3 Å². The van der Waals surface area contributed by atoms with Gasteiger partial charge in [0.05, 0.1) is 9.89 Å². The van der Waals surface area contributed by atoms with E-state index in [0.29, 0.717) is 0 Å². The lowest BCUT2D eigenvalue weighted by Crippen LogP contribution is -2.19. The van der Waals surface area contributed by atoms with Gasteiger partial charge in [0.15, 0.2) is 0 Å². The van der Waals surface area contributed by atoms with Gasteiger partial charge in [0.2, 0.25) is 0 Å². The molecular weight excluding hydrogens is 262 g/mol. The third-order valence-electron chi connectivity index (χ3n) is 2.35. The van der Waals surface area contributed by atoms with Crippen molar-refractivity contribution in [3.8, 4) is 0 Å². The zero-order chi connectivity index (χ0) is 9.97. The molecule has 0 aromatic carbocycles. The van der Waals surface area contributed by atoms with Crippen LogP contribution in [-0.2, 0) is 0 Å². The molecule has 0 amide bonds. The van der Waals surface area contributed by atoms with Gasteiger partial charge in [-0.05, 0) is 53.9 Å². The van der Waals surface area contributed by atoms with Crippen molar-refractivity contribution < 1.29 is 5.11 Å². The average Bonchev–Trinajstić information content (AvgIpc) is 2.87. The summed E-state index contributed by atoms with van der Waals surface area (Å²) < 4.78 is 1.08. The van der Waals surface area contributed by atoms with Crippen LogP contribution in [0.5, 0.6) is 0 Å². The molecule has 78 valence electrons. The van der Waals surface area contributed by atoms with Crippen molar-refractivity contribution in [2.24, 2.45) is 0 Å². The molecule has 2 N–H and O–H groups in total. The molecule has 1 saturated carbocycles. The molecule has 0 spiro atoms. The van der Waals surface area contributed by atoms with Crippen molar-refractivity contribution in [1.82, 2.24) is 5.32 Å². The Bertz CT molecular complexity index is 298. The summed E-state index contributed by atoms with van der Waals surface area (Å²) in [6, 6.07) is 4.70. The minimum atomic E-state index is -0.308. The number of halogens is 1. The summed E-state index contributed by atoms with van der Waals surface area (Å²) in [5.41, 5.74) is 0. The van der Waals surface area contributed by atoms with Crippen LogP contribution in [-0.4, -0.2) is 17.7 Å². The highest BCUT2D eigenvalue weighted by molar-refractivity contribution is 9.11. The third-order valence-corrected chi connectivity index (χ3v) is 4.08. The first kappa shape index (κ1) is 10.6. The standard InChI is InChI=1S/C10H14BrNOS/c11-10-4-3-9(14-10)8(13)5-6-12-7-1-2-7/h3-4,7-8,12-13H,1-2,5-6H2. The van der Waals surface area contributed by atoms with Gasteiger partial charge in [0.25, 0.3) is 0 Å². The number of nitrogens with one attached hydrogen (secondary N) is 1. The van der Waals surface area contributed by atoms with Crippen molar-refractivity contribution in [3.05, 3.63) is 20.8 Å². The van der Waals surface area contributed by atoms with Crippen molar-refractivity contribution >= 4 is 27.3 Å². The largest absolute Gasteiger partial charge is 0.388 e. The molecule has 1 fully saturated rings. The molecule has 1 unspecified atom stereocenters. The molecule has 0 radical (unpaired) electrons. The summed E-state index contributed by atoms with van der Waals surface area (Å²) in [5.74, 6) is 0. The van der Waals surface area contributed by atoms with Gasteiger partial charge < -0.3 is 10.4 Å². The van der Waals surface area contributed by atoms with Gasteiger partial charge in [-0.2, -0.15) is 0 Å². The summed E-state index contributed by atoms with van der Waals surface area (Å²) in [7, 11) is 0. The number of hydrogen-bond donors (Lipinski definition) is 2. The Morgan fingerprint density at radius 2 is 2.36 bits per heavy atom. The van der Waals surface area contributed by atoms with Crippen LogP contribution in [0.1, 0.15) is 30.2 Å². The second-order valence-corrected chi connectivity index (χ2v) is 6.17. The van der Waals surface area contributed by atoms with Crippen LogP contribution in [0.2, 0.25) is 0 Å². The highest BCUT2D eigenvalue weighted by Crippen LogP contribution is 2.28. The maximum atomic E-state index is 9.82. The number of rotatable bonds is 5. The first-order chi connectivity index (χ1) is 6.75. The first-order valence-corrected chi connectivity index (χ1v) is 6.53. The third kappa shape index (κ3) is 3.05. The summed E-state index contributed by atoms with van der Waals surface area (Å²) in [5, 5.41) is 13.2. The molecule has 1 atom stereocenters. The highest BCUT2D eigenvalue weighted by atomic mass is 79.9. The lowest BCUT2D eigenvalue weighted by atomic mass is 10.2. The summed E-state index contributed by atoms with van der Waals surface area (Å²) in [6.07, 6.45) is 3.11. The Balaban J connectivity index is 1.73. The fourth-order valence-electron chi connectivity index (χ4n) is 1.36. The fourth-order valence-corrected chi connectivity index (χ4v) is 2.81. The lowest BCUT2D eigenvalue weighted by Gasteiger charge is -2.08. The molecular formula is C10H14BrNOS. The predicted molar refractivity (Wildman–Crippen MR) is 62.6 cm³/mol. The molecule has 0 aliphatic heterocycles. The van der Waals surface area contributed by atoms with Crippen molar-refractivity contribution in [2.75, 3.05) is 6.54 Å². The summed E-state index contributed by atoms with van der Waals surface area (Å²) in [6.45, 7) is 0.918. The van der Waals surface area contributed by atoms with E-state index in [1.54, 1.807) is 11.3 Å². The maximum absolute atomic E-state index is 9.82. The van der Waals surface area contributed by atoms with Crippen molar-refractivity contribution in [3.63, 3.8) is 0 Å². The number of hydrogen-bond acceptors (Lipinski definition) is 3. The Hall–Kier alpha value is 0.1000. The molecule has 1 aromatic rings. The smallest absolute Gasteiger partial charge is 0.0894 e. The van der Waals surface area contributed by atoms with Crippen LogP contribution in [0.4, 0.5) is 0 Å². The van der Waals surface area contributed by atoms with E-state index in [1.165, 1.54) is 12.8 Å². The summed E-state index contributed by atoms with van der Waals surface area (Å²) in [4.78, 5) is 1.05. The quantitative estimate of drug-likeness (QED) is 0.866. The molecule has 1 aliphatic carbocycles. The van der Waals surface area contributed by atoms with Gasteiger partial charge >= 0.3 is 0 Å². The fraction of sp³-hybridized carbons (Fsp3) is 0.600. The highest BCUT2D eigenvalue weighted by Gasteiger charge is 2.20. The Labute approximate surface area is 96.5 Å². The molecule has 4 heteroatoms. The van der Waals surface area contributed by atoms with Gasteiger partial charge in [-0.3, -0.25) is 0 Å². The van der Waals surface area contributed by atoms with Crippen LogP contribution in [0, 0.1) is 0 Å². The maximum Gasteiger partial charge on any atom is 0.0894 e. The van der Waals surface area contributed by atoms with E-state index in [-0.39, 0.29) is 6.10 Å². The van der Waals surface area contributed by atoms with E-state index in [2.05, 4.69) is 21.2 Å². The van der Waals surface area contributed by atoms with Gasteiger partial charge in [-0.25, -0.2) is 0 Å². The molecule has 1 aliphatic rings. The molecule has 2 nitrogen and oxygen atoms in total. The van der Waals surface area contributed by atoms with E-state index in [0.717, 1.165) is 27.7 Å². The Morgan fingerprint density at radius 1 is 1.57 bits per heavy atom. The zero-order valence-corrected chi connectivity index (χ0v) is 10.3. The number of aliphatic hydroxyl groups is 1. The average molecular weight is 276 g/mol. The van der Waals surface area contributed by atoms with Crippen LogP contribution in [0.15, 0.2) is 15.9 Å². The van der Waals surface area contributed by atoms with E-state index in [1.807, 2.05) is 12.1 Å². The number of aliphatic hydroxyl groups excluding tert-OH is 1. The van der Waals surface area contributed by atoms with Gasteiger partial charge in [-0.1, -0.05) is 0 Å². The lowest BCUT2D eigenvalue weighted by molar-refractivity contribution is 0.170. The Kier molecular flexibility index (Phi) is 3.60. The monoisotopic (exact) mass is 275 g/mol. The van der Waals surface area contributed by atoms with Gasteiger partial charge in [0, 0.05) is 10.9 Å². The van der Waals surface area contributed by atoms with Crippen LogP contribution >= 0.6 is 27.3 Å². The predicted octanol–water partition coefficient (Wildman–Crippen LogP) is 2.69. The van der Waals surface area contributed by atoms with E-state index in [9.17, 15) is 5.11 Å². The van der Waals surface area contributed by atoms with Crippen molar-refractivity contribution in [1.29, 1.82) is 0 Å². The van der Waals surface area contributed by atoms with Crippen molar-refractivity contribution in [2.45, 2.75) is 31.4 Å². The van der Waals surface area contributed by atoms with Gasteiger partial charge in [0.1, 0.15) is 0 Å². The van der Waals surface area contributed by atoms with E-state index >= 15 is 0 Å². The SMILES string of the molecule is OC(CCNC1CC1)c1ccc(Br)s1. The number of thiophene rings is 1. The summed E-state index contributed by atoms with van der Waals surface area (Å²) >= 11 is 5.00. The van der Waals surface area contributed by atoms with E-state index in [4.69, 9.17) is 0 Å². The topological polar surface area (TPSA) is 32.3 Å².